The molecule has 0 bridgehead atoms. The standard InChI is InChI=1S/C10H21N3O/c1-8(11)7-13(2)6-5-10(14)12-9-3-4-9/h8-9H,3-7,11H2,1-2H3,(H,12,14). The number of hydrogen-bond donors (Lipinski definition) is 2. The molecule has 3 N–H and O–H groups in total. The molecule has 1 saturated carbocycles. The Labute approximate surface area is 85.8 Å². The van der Waals surface area contributed by atoms with Crippen LogP contribution in [0.3, 0.4) is 0 Å². The number of nitrogens with two attached hydrogens (primary N) is 1. The van der Waals surface area contributed by atoms with Gasteiger partial charge in [0.2, 0.25) is 5.91 Å². The highest BCUT2D eigenvalue weighted by Gasteiger charge is 2.22. The summed E-state index contributed by atoms with van der Waals surface area (Å²) in [5, 5.41) is 2.97. The zero-order valence-electron chi connectivity index (χ0n) is 9.12. The van der Waals surface area contributed by atoms with Gasteiger partial charge in [0.05, 0.1) is 0 Å². The first-order chi connectivity index (χ1) is 6.58. The maximum atomic E-state index is 11.3. The fraction of sp³-hybridized carbons (Fsp3) is 0.900. The lowest BCUT2D eigenvalue weighted by atomic mass is 10.3. The molecule has 4 nitrogen and oxygen atoms in total. The number of amides is 1. The van der Waals surface area contributed by atoms with E-state index in [-0.39, 0.29) is 11.9 Å². The third-order valence-electron chi connectivity index (χ3n) is 2.26. The van der Waals surface area contributed by atoms with Gasteiger partial charge in [-0.3, -0.25) is 4.79 Å². The molecule has 0 saturated heterocycles. The first-order valence-electron chi connectivity index (χ1n) is 5.31. The van der Waals surface area contributed by atoms with Gasteiger partial charge in [0.25, 0.3) is 0 Å². The molecule has 1 unspecified atom stereocenters. The fourth-order valence-corrected chi connectivity index (χ4v) is 1.40. The molecule has 1 aliphatic carbocycles. The van der Waals surface area contributed by atoms with Crippen LogP contribution in [0.5, 0.6) is 0 Å². The summed E-state index contributed by atoms with van der Waals surface area (Å²) in [6, 6.07) is 0.646. The van der Waals surface area contributed by atoms with Crippen LogP contribution in [0.1, 0.15) is 26.2 Å². The summed E-state index contributed by atoms with van der Waals surface area (Å²) in [7, 11) is 1.99. The zero-order valence-corrected chi connectivity index (χ0v) is 9.12. The maximum Gasteiger partial charge on any atom is 0.221 e. The van der Waals surface area contributed by atoms with E-state index in [1.165, 1.54) is 0 Å². The van der Waals surface area contributed by atoms with Crippen molar-refractivity contribution < 1.29 is 4.79 Å². The Morgan fingerprint density at radius 1 is 1.64 bits per heavy atom. The second-order valence-electron chi connectivity index (χ2n) is 4.33. The fourth-order valence-electron chi connectivity index (χ4n) is 1.40. The Bertz CT molecular complexity index is 190. The first-order valence-corrected chi connectivity index (χ1v) is 5.31. The van der Waals surface area contributed by atoms with Crippen LogP contribution in [0.2, 0.25) is 0 Å². The van der Waals surface area contributed by atoms with Gasteiger partial charge in [-0.05, 0) is 26.8 Å². The van der Waals surface area contributed by atoms with Crippen LogP contribution in [-0.4, -0.2) is 43.0 Å². The summed E-state index contributed by atoms with van der Waals surface area (Å²) in [5.74, 6) is 0.170. The quantitative estimate of drug-likeness (QED) is 0.630. The Kier molecular flexibility index (Phi) is 4.35. The minimum atomic E-state index is 0.170. The van der Waals surface area contributed by atoms with E-state index in [9.17, 15) is 4.79 Å². The molecule has 82 valence electrons. The van der Waals surface area contributed by atoms with Gasteiger partial charge in [-0.1, -0.05) is 0 Å². The topological polar surface area (TPSA) is 58.4 Å². The molecule has 1 amide bonds. The molecule has 14 heavy (non-hydrogen) atoms. The van der Waals surface area contributed by atoms with Crippen molar-refractivity contribution in [3.05, 3.63) is 0 Å². The number of nitrogens with one attached hydrogen (secondary N) is 1. The number of nitrogens with zero attached hydrogens (tertiary/aromatic N) is 1. The summed E-state index contributed by atoms with van der Waals surface area (Å²) < 4.78 is 0. The Balaban J connectivity index is 2.02. The van der Waals surface area contributed by atoms with Crippen molar-refractivity contribution in [2.45, 2.75) is 38.3 Å². The summed E-state index contributed by atoms with van der Waals surface area (Å²) in [4.78, 5) is 13.4. The van der Waals surface area contributed by atoms with Gasteiger partial charge in [-0.25, -0.2) is 0 Å². The Hall–Kier alpha value is -0.610. The zero-order chi connectivity index (χ0) is 10.6. The molecule has 0 aliphatic heterocycles. The largest absolute Gasteiger partial charge is 0.353 e. The second kappa shape index (κ2) is 5.32. The van der Waals surface area contributed by atoms with E-state index >= 15 is 0 Å². The van der Waals surface area contributed by atoms with Crippen molar-refractivity contribution in [2.75, 3.05) is 20.1 Å². The monoisotopic (exact) mass is 199 g/mol. The SMILES string of the molecule is CC(N)CN(C)CCC(=O)NC1CC1. The van der Waals surface area contributed by atoms with Crippen LogP contribution in [0.25, 0.3) is 0 Å². The van der Waals surface area contributed by atoms with Crippen molar-refractivity contribution >= 4 is 5.91 Å². The van der Waals surface area contributed by atoms with Crippen molar-refractivity contribution in [3.63, 3.8) is 0 Å². The van der Waals surface area contributed by atoms with E-state index in [0.717, 1.165) is 25.9 Å². The Morgan fingerprint density at radius 3 is 2.79 bits per heavy atom. The van der Waals surface area contributed by atoms with E-state index in [2.05, 4.69) is 10.2 Å². The van der Waals surface area contributed by atoms with Gasteiger partial charge in [-0.2, -0.15) is 0 Å². The van der Waals surface area contributed by atoms with E-state index < -0.39 is 0 Å². The molecular weight excluding hydrogens is 178 g/mol. The molecule has 1 atom stereocenters. The number of carbonyl (C=O) groups excluding carboxylic acids is 1. The number of hydrogen-bond acceptors (Lipinski definition) is 3. The smallest absolute Gasteiger partial charge is 0.221 e. The Morgan fingerprint density at radius 2 is 2.29 bits per heavy atom. The normalized spacial score (nSPS) is 18.3. The van der Waals surface area contributed by atoms with Gasteiger partial charge >= 0.3 is 0 Å². The van der Waals surface area contributed by atoms with Crippen LogP contribution < -0.4 is 11.1 Å². The highest BCUT2D eigenvalue weighted by Crippen LogP contribution is 2.18. The number of rotatable bonds is 6. The van der Waals surface area contributed by atoms with Gasteiger partial charge < -0.3 is 16.0 Å². The molecule has 0 aromatic carbocycles. The van der Waals surface area contributed by atoms with E-state index in [1.54, 1.807) is 0 Å². The summed E-state index contributed by atoms with van der Waals surface area (Å²) >= 11 is 0. The predicted octanol–water partition coefficient (Wildman–Crippen LogP) is -0.0659. The van der Waals surface area contributed by atoms with Crippen molar-refractivity contribution in [1.82, 2.24) is 10.2 Å². The molecule has 0 aromatic heterocycles. The molecule has 1 rings (SSSR count). The number of carbonyl (C=O) groups is 1. The average molecular weight is 199 g/mol. The minimum absolute atomic E-state index is 0.170. The average Bonchev–Trinajstić information content (AvgIpc) is 2.83. The third kappa shape index (κ3) is 5.19. The van der Waals surface area contributed by atoms with Crippen molar-refractivity contribution in [1.29, 1.82) is 0 Å². The second-order valence-corrected chi connectivity index (χ2v) is 4.33. The summed E-state index contributed by atoms with van der Waals surface area (Å²) in [6.07, 6.45) is 2.89. The van der Waals surface area contributed by atoms with Crippen LogP contribution in [0.4, 0.5) is 0 Å². The van der Waals surface area contributed by atoms with Gasteiger partial charge in [-0.15, -0.1) is 0 Å². The van der Waals surface area contributed by atoms with E-state index in [4.69, 9.17) is 5.73 Å². The highest BCUT2D eigenvalue weighted by molar-refractivity contribution is 5.76. The molecule has 4 heteroatoms. The van der Waals surface area contributed by atoms with Crippen LogP contribution in [-0.2, 0) is 4.79 Å². The molecule has 0 aromatic rings. The molecule has 0 heterocycles. The van der Waals surface area contributed by atoms with Crippen LogP contribution in [0, 0.1) is 0 Å². The van der Waals surface area contributed by atoms with Crippen LogP contribution in [0.15, 0.2) is 0 Å². The van der Waals surface area contributed by atoms with E-state index in [0.29, 0.717) is 12.5 Å². The molecular formula is C10H21N3O. The minimum Gasteiger partial charge on any atom is -0.353 e. The molecule has 0 spiro atoms. The lowest BCUT2D eigenvalue weighted by molar-refractivity contribution is -0.121. The highest BCUT2D eigenvalue weighted by atomic mass is 16.1. The molecule has 0 radical (unpaired) electrons. The van der Waals surface area contributed by atoms with Crippen LogP contribution >= 0.6 is 0 Å². The van der Waals surface area contributed by atoms with Gasteiger partial charge in [0.15, 0.2) is 0 Å². The van der Waals surface area contributed by atoms with E-state index in [1.807, 2.05) is 14.0 Å². The summed E-state index contributed by atoms with van der Waals surface area (Å²) in [6.45, 7) is 3.61. The summed E-state index contributed by atoms with van der Waals surface area (Å²) in [5.41, 5.74) is 5.65. The maximum absolute atomic E-state index is 11.3. The first kappa shape index (κ1) is 11.5. The molecule has 1 aliphatic rings. The molecule has 1 fully saturated rings. The van der Waals surface area contributed by atoms with Crippen molar-refractivity contribution in [3.8, 4) is 0 Å². The van der Waals surface area contributed by atoms with Gasteiger partial charge in [0, 0.05) is 31.6 Å². The van der Waals surface area contributed by atoms with Gasteiger partial charge in [0.1, 0.15) is 0 Å². The lowest BCUT2D eigenvalue weighted by Gasteiger charge is -2.18. The lowest BCUT2D eigenvalue weighted by Crippen LogP contribution is -2.36. The third-order valence-corrected chi connectivity index (χ3v) is 2.26. The predicted molar refractivity (Wildman–Crippen MR) is 56.9 cm³/mol. The number of likely N-dealkylation sites (N-methyl/N-ethyl adjacent to an activating group) is 1. The van der Waals surface area contributed by atoms with Crippen molar-refractivity contribution in [2.24, 2.45) is 5.73 Å².